The van der Waals surface area contributed by atoms with Crippen LogP contribution in [0.4, 0.5) is 4.39 Å². The lowest BCUT2D eigenvalue weighted by atomic mass is 10.2. The molecule has 2 saturated heterocycles. The Kier molecular flexibility index (Phi) is 4.59. The maximum absolute atomic E-state index is 13.1. The topological polar surface area (TPSA) is 53.0 Å². The average Bonchev–Trinajstić information content (AvgIpc) is 3.14. The van der Waals surface area contributed by atoms with Crippen molar-refractivity contribution >= 4 is 5.91 Å². The zero-order valence-electron chi connectivity index (χ0n) is 12.4. The summed E-state index contributed by atoms with van der Waals surface area (Å²) in [5.74, 6) is -0.232. The van der Waals surface area contributed by atoms with E-state index in [1.165, 1.54) is 18.2 Å². The summed E-state index contributed by atoms with van der Waals surface area (Å²) in [5.41, 5.74) is 0. The van der Waals surface area contributed by atoms with E-state index < -0.39 is 11.9 Å². The molecule has 3 rings (SSSR count). The number of aliphatic hydroxyl groups is 1. The van der Waals surface area contributed by atoms with Crippen LogP contribution in [0, 0.1) is 5.82 Å². The number of carbonyl (C=O) groups excluding carboxylic acids is 1. The fraction of sp³-hybridized carbons (Fsp3) is 0.562. The molecule has 1 amide bonds. The first-order valence-corrected chi connectivity index (χ1v) is 7.72. The van der Waals surface area contributed by atoms with E-state index in [0.717, 1.165) is 25.9 Å². The molecule has 0 unspecified atom stereocenters. The van der Waals surface area contributed by atoms with E-state index in [4.69, 9.17) is 4.74 Å². The number of hydrogen-bond acceptors (Lipinski definition) is 4. The number of ether oxygens (including phenoxy) is 1. The molecule has 2 atom stereocenters. The van der Waals surface area contributed by atoms with E-state index in [9.17, 15) is 14.3 Å². The van der Waals surface area contributed by atoms with E-state index in [1.54, 1.807) is 11.0 Å². The van der Waals surface area contributed by atoms with Gasteiger partial charge in [0.05, 0.1) is 12.1 Å². The van der Waals surface area contributed by atoms with Crippen molar-refractivity contribution in [2.45, 2.75) is 25.0 Å². The lowest BCUT2D eigenvalue weighted by Crippen LogP contribution is -2.41. The number of β-amino-alcohol motifs (C(OH)–C–C–N with tert-alkyl or cyclic N) is 1. The summed E-state index contributed by atoms with van der Waals surface area (Å²) in [7, 11) is 0. The van der Waals surface area contributed by atoms with Gasteiger partial charge in [-0.25, -0.2) is 4.39 Å². The van der Waals surface area contributed by atoms with Gasteiger partial charge in [0.2, 0.25) is 0 Å². The molecule has 0 spiro atoms. The highest BCUT2D eigenvalue weighted by Crippen LogP contribution is 2.21. The summed E-state index contributed by atoms with van der Waals surface area (Å²) >= 11 is 0. The fourth-order valence-electron chi connectivity index (χ4n) is 3.20. The molecule has 1 aromatic rings. The van der Waals surface area contributed by atoms with Gasteiger partial charge >= 0.3 is 0 Å². The van der Waals surface area contributed by atoms with Crippen molar-refractivity contribution < 1.29 is 19.0 Å². The number of likely N-dealkylation sites (tertiary alicyclic amines) is 2. The predicted octanol–water partition coefficient (Wildman–Crippen LogP) is 0.872. The van der Waals surface area contributed by atoms with Gasteiger partial charge < -0.3 is 14.7 Å². The summed E-state index contributed by atoms with van der Waals surface area (Å²) in [6.07, 6.45) is 1.80. The van der Waals surface area contributed by atoms with Crippen LogP contribution in [0.15, 0.2) is 24.3 Å². The van der Waals surface area contributed by atoms with Crippen LogP contribution in [-0.2, 0) is 4.79 Å². The normalized spacial score (nSPS) is 25.6. The Morgan fingerprint density at radius 2 is 2.09 bits per heavy atom. The lowest BCUT2D eigenvalue weighted by Gasteiger charge is -2.25. The number of carbonyl (C=O) groups is 1. The van der Waals surface area contributed by atoms with Crippen LogP contribution in [0.5, 0.6) is 5.75 Å². The summed E-state index contributed by atoms with van der Waals surface area (Å²) in [6.45, 7) is 2.72. The van der Waals surface area contributed by atoms with Gasteiger partial charge in [0.25, 0.3) is 5.91 Å². The Hall–Kier alpha value is -1.66. The molecule has 0 bridgehead atoms. The van der Waals surface area contributed by atoms with Gasteiger partial charge in [-0.2, -0.15) is 0 Å². The second-order valence-corrected chi connectivity index (χ2v) is 5.92. The van der Waals surface area contributed by atoms with Crippen LogP contribution in [0.1, 0.15) is 12.8 Å². The van der Waals surface area contributed by atoms with Gasteiger partial charge in [0, 0.05) is 19.2 Å². The van der Waals surface area contributed by atoms with Crippen molar-refractivity contribution in [3.8, 4) is 5.75 Å². The lowest BCUT2D eigenvalue weighted by molar-refractivity contribution is -0.132. The number of hydrogen-bond donors (Lipinski definition) is 1. The molecule has 2 aliphatic rings. The van der Waals surface area contributed by atoms with Crippen molar-refractivity contribution in [3.05, 3.63) is 30.1 Å². The number of aliphatic hydroxyl groups excluding tert-OH is 1. The predicted molar refractivity (Wildman–Crippen MR) is 79.1 cm³/mol. The van der Waals surface area contributed by atoms with E-state index >= 15 is 0 Å². The first-order chi connectivity index (χ1) is 10.6. The van der Waals surface area contributed by atoms with Crippen molar-refractivity contribution in [1.29, 1.82) is 0 Å². The summed E-state index contributed by atoms with van der Waals surface area (Å²) < 4.78 is 18.4. The minimum atomic E-state index is -0.504. The van der Waals surface area contributed by atoms with Gasteiger partial charge in [0.15, 0.2) is 6.61 Å². The third-order valence-corrected chi connectivity index (χ3v) is 4.38. The maximum Gasteiger partial charge on any atom is 0.260 e. The monoisotopic (exact) mass is 308 g/mol. The highest BCUT2D eigenvalue weighted by molar-refractivity contribution is 5.78. The van der Waals surface area contributed by atoms with E-state index in [-0.39, 0.29) is 18.6 Å². The Morgan fingerprint density at radius 1 is 1.32 bits per heavy atom. The SMILES string of the molecule is O=C(COc1cccc(F)c1)N1C[C@@H](O)[C@H](N2CCCC2)C1. The highest BCUT2D eigenvalue weighted by atomic mass is 19.1. The second-order valence-electron chi connectivity index (χ2n) is 5.92. The van der Waals surface area contributed by atoms with Crippen LogP contribution in [0.25, 0.3) is 0 Å². The molecule has 0 aromatic heterocycles. The quantitative estimate of drug-likeness (QED) is 0.897. The minimum Gasteiger partial charge on any atom is -0.484 e. The van der Waals surface area contributed by atoms with Crippen molar-refractivity contribution in [2.75, 3.05) is 32.8 Å². The van der Waals surface area contributed by atoms with Crippen molar-refractivity contribution in [2.24, 2.45) is 0 Å². The molecule has 6 heteroatoms. The molecule has 120 valence electrons. The third-order valence-electron chi connectivity index (χ3n) is 4.38. The van der Waals surface area contributed by atoms with Gasteiger partial charge in [-0.15, -0.1) is 0 Å². The molecule has 2 fully saturated rings. The molecule has 0 saturated carbocycles. The summed E-state index contributed by atoms with van der Waals surface area (Å²) in [4.78, 5) is 16.1. The minimum absolute atomic E-state index is 0.0284. The number of amides is 1. The first-order valence-electron chi connectivity index (χ1n) is 7.72. The van der Waals surface area contributed by atoms with Crippen molar-refractivity contribution in [1.82, 2.24) is 9.80 Å². The number of nitrogens with zero attached hydrogens (tertiary/aromatic N) is 2. The van der Waals surface area contributed by atoms with Crippen LogP contribution in [0.3, 0.4) is 0 Å². The van der Waals surface area contributed by atoms with E-state index in [1.807, 2.05) is 0 Å². The number of halogens is 1. The number of benzene rings is 1. The molecular weight excluding hydrogens is 287 g/mol. The van der Waals surface area contributed by atoms with Gasteiger partial charge in [-0.05, 0) is 38.1 Å². The third kappa shape index (κ3) is 3.39. The summed E-state index contributed by atoms with van der Waals surface area (Å²) in [6, 6.07) is 5.76. The largest absolute Gasteiger partial charge is 0.484 e. The van der Waals surface area contributed by atoms with Crippen LogP contribution < -0.4 is 4.74 Å². The van der Waals surface area contributed by atoms with Crippen LogP contribution >= 0.6 is 0 Å². The molecule has 5 nitrogen and oxygen atoms in total. The van der Waals surface area contributed by atoms with E-state index in [2.05, 4.69) is 4.90 Å². The molecule has 0 radical (unpaired) electrons. The Balaban J connectivity index is 1.52. The molecule has 2 aliphatic heterocycles. The van der Waals surface area contributed by atoms with E-state index in [0.29, 0.717) is 18.8 Å². The van der Waals surface area contributed by atoms with Crippen LogP contribution in [0.2, 0.25) is 0 Å². The molecule has 22 heavy (non-hydrogen) atoms. The molecule has 2 heterocycles. The first kappa shape index (κ1) is 15.2. The van der Waals surface area contributed by atoms with Crippen LogP contribution in [-0.4, -0.2) is 65.7 Å². The second kappa shape index (κ2) is 6.62. The summed E-state index contributed by atoms with van der Waals surface area (Å²) in [5, 5.41) is 10.2. The van der Waals surface area contributed by atoms with Gasteiger partial charge in [0.1, 0.15) is 11.6 Å². The Bertz CT molecular complexity index is 534. The van der Waals surface area contributed by atoms with Gasteiger partial charge in [-0.3, -0.25) is 9.69 Å². The molecule has 0 aliphatic carbocycles. The zero-order chi connectivity index (χ0) is 15.5. The van der Waals surface area contributed by atoms with Crippen molar-refractivity contribution in [3.63, 3.8) is 0 Å². The highest BCUT2D eigenvalue weighted by Gasteiger charge is 2.38. The average molecular weight is 308 g/mol. The fourth-order valence-corrected chi connectivity index (χ4v) is 3.20. The molecular formula is C16H21FN2O3. The number of rotatable bonds is 4. The van der Waals surface area contributed by atoms with Gasteiger partial charge in [-0.1, -0.05) is 6.07 Å². The Morgan fingerprint density at radius 3 is 2.82 bits per heavy atom. The Labute approximate surface area is 129 Å². The maximum atomic E-state index is 13.1. The molecule has 1 aromatic carbocycles. The smallest absolute Gasteiger partial charge is 0.260 e. The zero-order valence-corrected chi connectivity index (χ0v) is 12.4. The standard InChI is InChI=1S/C16H21FN2O3/c17-12-4-3-5-13(8-12)22-11-16(21)19-9-14(15(20)10-19)18-6-1-2-7-18/h3-5,8,14-15,20H,1-2,6-7,9-11H2/t14-,15-/m1/s1. The molecule has 1 N–H and O–H groups in total.